The number of rotatable bonds is 6. The Morgan fingerprint density at radius 3 is 2.21 bits per heavy atom. The van der Waals surface area contributed by atoms with Gasteiger partial charge in [-0.25, -0.2) is 0 Å². The molecule has 0 aromatic heterocycles. The largest absolute Gasteiger partial charge is 0.329 e. The van der Waals surface area contributed by atoms with Crippen molar-refractivity contribution >= 4 is 0 Å². The SMILES string of the molecule is CCN(CC1CC1)C(CN)c1c(C)cc(C)cc1C. The van der Waals surface area contributed by atoms with Crippen LogP contribution < -0.4 is 5.73 Å². The molecular formula is C17H28N2. The van der Waals surface area contributed by atoms with Gasteiger partial charge in [0.25, 0.3) is 0 Å². The zero-order valence-corrected chi connectivity index (χ0v) is 12.9. The molecule has 2 heteroatoms. The van der Waals surface area contributed by atoms with Crippen molar-refractivity contribution in [3.63, 3.8) is 0 Å². The van der Waals surface area contributed by atoms with E-state index in [9.17, 15) is 0 Å². The molecule has 0 amide bonds. The highest BCUT2D eigenvalue weighted by atomic mass is 15.2. The summed E-state index contributed by atoms with van der Waals surface area (Å²) in [6, 6.07) is 4.96. The second-order valence-corrected chi connectivity index (χ2v) is 6.09. The highest BCUT2D eigenvalue weighted by Gasteiger charge is 2.28. The normalized spacial score (nSPS) is 16.9. The summed E-state index contributed by atoms with van der Waals surface area (Å²) in [4.78, 5) is 2.57. The highest BCUT2D eigenvalue weighted by molar-refractivity contribution is 5.40. The molecule has 2 N–H and O–H groups in total. The van der Waals surface area contributed by atoms with Crippen LogP contribution >= 0.6 is 0 Å². The lowest BCUT2D eigenvalue weighted by Gasteiger charge is -2.32. The molecule has 0 spiro atoms. The van der Waals surface area contributed by atoms with E-state index in [0.717, 1.165) is 12.5 Å². The molecule has 1 aliphatic carbocycles. The van der Waals surface area contributed by atoms with E-state index in [2.05, 4.69) is 44.7 Å². The van der Waals surface area contributed by atoms with Gasteiger partial charge in [-0.15, -0.1) is 0 Å². The van der Waals surface area contributed by atoms with Gasteiger partial charge in [0.15, 0.2) is 0 Å². The average molecular weight is 260 g/mol. The summed E-state index contributed by atoms with van der Waals surface area (Å²) in [5.74, 6) is 0.917. The van der Waals surface area contributed by atoms with E-state index < -0.39 is 0 Å². The van der Waals surface area contributed by atoms with Crippen LogP contribution in [-0.4, -0.2) is 24.5 Å². The molecule has 1 aromatic rings. The van der Waals surface area contributed by atoms with Gasteiger partial charge < -0.3 is 5.73 Å². The fraction of sp³-hybridized carbons (Fsp3) is 0.647. The standard InChI is InChI=1S/C17H28N2/c1-5-19(11-15-6-7-15)16(10-18)17-13(3)8-12(2)9-14(17)4/h8-9,15-16H,5-7,10-11,18H2,1-4H3. The zero-order chi connectivity index (χ0) is 14.0. The van der Waals surface area contributed by atoms with E-state index in [0.29, 0.717) is 12.6 Å². The van der Waals surface area contributed by atoms with Gasteiger partial charge in [-0.1, -0.05) is 24.6 Å². The molecule has 1 atom stereocenters. The molecule has 1 aromatic carbocycles. The minimum atomic E-state index is 0.381. The number of nitrogens with two attached hydrogens (primary N) is 1. The number of benzene rings is 1. The quantitative estimate of drug-likeness (QED) is 0.850. The second-order valence-electron chi connectivity index (χ2n) is 6.09. The molecule has 0 heterocycles. The van der Waals surface area contributed by atoms with Crippen molar-refractivity contribution < 1.29 is 0 Å². The Labute approximate surface area is 118 Å². The fourth-order valence-electron chi connectivity index (χ4n) is 3.28. The van der Waals surface area contributed by atoms with Crippen LogP contribution in [0.5, 0.6) is 0 Å². The van der Waals surface area contributed by atoms with Gasteiger partial charge in [0.2, 0.25) is 0 Å². The average Bonchev–Trinajstić information content (AvgIpc) is 3.15. The molecule has 0 bridgehead atoms. The van der Waals surface area contributed by atoms with E-state index in [1.165, 1.54) is 41.6 Å². The lowest BCUT2D eigenvalue weighted by Crippen LogP contribution is -2.36. The van der Waals surface area contributed by atoms with E-state index in [-0.39, 0.29) is 0 Å². The lowest BCUT2D eigenvalue weighted by molar-refractivity contribution is 0.202. The van der Waals surface area contributed by atoms with Gasteiger partial charge in [-0.2, -0.15) is 0 Å². The van der Waals surface area contributed by atoms with Crippen LogP contribution in [0.25, 0.3) is 0 Å². The summed E-state index contributed by atoms with van der Waals surface area (Å²) >= 11 is 0. The molecule has 2 nitrogen and oxygen atoms in total. The Morgan fingerprint density at radius 1 is 1.21 bits per heavy atom. The van der Waals surface area contributed by atoms with E-state index in [1.807, 2.05) is 0 Å². The molecule has 1 saturated carbocycles. The van der Waals surface area contributed by atoms with Gasteiger partial charge in [0.05, 0.1) is 0 Å². The van der Waals surface area contributed by atoms with Crippen molar-refractivity contribution in [1.29, 1.82) is 0 Å². The van der Waals surface area contributed by atoms with Crippen molar-refractivity contribution in [1.82, 2.24) is 4.90 Å². The minimum absolute atomic E-state index is 0.381. The topological polar surface area (TPSA) is 29.3 Å². The minimum Gasteiger partial charge on any atom is -0.329 e. The Balaban J connectivity index is 2.29. The Morgan fingerprint density at radius 2 is 1.79 bits per heavy atom. The van der Waals surface area contributed by atoms with Crippen LogP contribution in [0, 0.1) is 26.7 Å². The Kier molecular flexibility index (Phi) is 4.64. The highest BCUT2D eigenvalue weighted by Crippen LogP contribution is 2.34. The molecule has 106 valence electrons. The summed E-state index contributed by atoms with van der Waals surface area (Å²) in [7, 11) is 0. The predicted octanol–water partition coefficient (Wildman–Crippen LogP) is 3.34. The van der Waals surface area contributed by atoms with Gasteiger partial charge in [-0.05, 0) is 62.8 Å². The third-order valence-electron chi connectivity index (χ3n) is 4.33. The molecule has 19 heavy (non-hydrogen) atoms. The van der Waals surface area contributed by atoms with Crippen LogP contribution in [-0.2, 0) is 0 Å². The van der Waals surface area contributed by atoms with Crippen molar-refractivity contribution in [2.45, 2.75) is 46.6 Å². The monoisotopic (exact) mass is 260 g/mol. The molecule has 0 saturated heterocycles. The first kappa shape index (κ1) is 14.5. The second kappa shape index (κ2) is 6.06. The van der Waals surface area contributed by atoms with Crippen LogP contribution in [0.15, 0.2) is 12.1 Å². The third-order valence-corrected chi connectivity index (χ3v) is 4.33. The molecule has 1 aliphatic rings. The van der Waals surface area contributed by atoms with E-state index in [4.69, 9.17) is 5.73 Å². The van der Waals surface area contributed by atoms with Gasteiger partial charge in [-0.3, -0.25) is 4.90 Å². The molecular weight excluding hydrogens is 232 g/mol. The molecule has 2 rings (SSSR count). The zero-order valence-electron chi connectivity index (χ0n) is 12.9. The van der Waals surface area contributed by atoms with E-state index in [1.54, 1.807) is 0 Å². The summed E-state index contributed by atoms with van der Waals surface area (Å²) in [6.07, 6.45) is 2.80. The first-order valence-electron chi connectivity index (χ1n) is 7.58. The number of hydrogen-bond acceptors (Lipinski definition) is 2. The Bertz CT molecular complexity index is 412. The summed E-state index contributed by atoms with van der Waals surface area (Å²) in [6.45, 7) is 11.9. The molecule has 0 aliphatic heterocycles. The number of nitrogens with zero attached hydrogens (tertiary/aromatic N) is 1. The summed E-state index contributed by atoms with van der Waals surface area (Å²) in [5.41, 5.74) is 11.7. The summed E-state index contributed by atoms with van der Waals surface area (Å²) < 4.78 is 0. The van der Waals surface area contributed by atoms with Crippen LogP contribution in [0.2, 0.25) is 0 Å². The van der Waals surface area contributed by atoms with Crippen LogP contribution in [0.4, 0.5) is 0 Å². The van der Waals surface area contributed by atoms with E-state index >= 15 is 0 Å². The third kappa shape index (κ3) is 3.37. The number of aryl methyl sites for hydroxylation is 3. The first-order valence-corrected chi connectivity index (χ1v) is 7.58. The van der Waals surface area contributed by atoms with Crippen molar-refractivity contribution in [2.24, 2.45) is 11.7 Å². The van der Waals surface area contributed by atoms with Crippen LogP contribution in [0.3, 0.4) is 0 Å². The van der Waals surface area contributed by atoms with Gasteiger partial charge >= 0.3 is 0 Å². The summed E-state index contributed by atoms with van der Waals surface area (Å²) in [5, 5.41) is 0. The maximum atomic E-state index is 6.11. The van der Waals surface area contributed by atoms with Crippen molar-refractivity contribution in [3.05, 3.63) is 34.4 Å². The van der Waals surface area contributed by atoms with Gasteiger partial charge in [0.1, 0.15) is 0 Å². The molecule has 1 unspecified atom stereocenters. The maximum Gasteiger partial charge on any atom is 0.0475 e. The smallest absolute Gasteiger partial charge is 0.0475 e. The Hall–Kier alpha value is -0.860. The predicted molar refractivity (Wildman–Crippen MR) is 82.4 cm³/mol. The maximum absolute atomic E-state index is 6.11. The van der Waals surface area contributed by atoms with Gasteiger partial charge in [0, 0.05) is 19.1 Å². The molecule has 0 radical (unpaired) electrons. The van der Waals surface area contributed by atoms with Crippen molar-refractivity contribution in [2.75, 3.05) is 19.6 Å². The van der Waals surface area contributed by atoms with Crippen LogP contribution in [0.1, 0.15) is 48.1 Å². The number of hydrogen-bond donors (Lipinski definition) is 1. The first-order chi connectivity index (χ1) is 9.06. The molecule has 1 fully saturated rings. The lowest BCUT2D eigenvalue weighted by atomic mass is 9.93. The van der Waals surface area contributed by atoms with Crippen molar-refractivity contribution in [3.8, 4) is 0 Å². The fourth-order valence-corrected chi connectivity index (χ4v) is 3.28. The number of likely N-dealkylation sites (N-methyl/N-ethyl adjacent to an activating group) is 1.